The lowest BCUT2D eigenvalue weighted by Crippen LogP contribution is -2.31. The number of esters is 1. The molecule has 1 heterocycles. The Kier molecular flexibility index (Phi) is 11.2. The van der Waals surface area contributed by atoms with Crippen LogP contribution in [0.1, 0.15) is 70.7 Å². The maximum atomic E-state index is 12.7. The normalized spacial score (nSPS) is 11.1. The Bertz CT molecular complexity index is 1370. The second-order valence-electron chi connectivity index (χ2n) is 8.91. The molecule has 2 aromatic carbocycles. The summed E-state index contributed by atoms with van der Waals surface area (Å²) in [4.78, 5) is 41.1. The molecule has 11 heteroatoms. The van der Waals surface area contributed by atoms with Gasteiger partial charge in [-0.1, -0.05) is 44.9 Å². The maximum absolute atomic E-state index is 12.7. The lowest BCUT2D eigenvalue weighted by Gasteiger charge is -2.16. The van der Waals surface area contributed by atoms with Crippen LogP contribution in [0.15, 0.2) is 77.8 Å². The zero-order chi connectivity index (χ0) is 29.0. The number of hydrogen-bond donors (Lipinski definition) is 2. The summed E-state index contributed by atoms with van der Waals surface area (Å²) in [6.45, 7) is 4.54. The minimum atomic E-state index is -4.23. The first-order valence-electron chi connectivity index (χ1n) is 13.0. The van der Waals surface area contributed by atoms with Gasteiger partial charge in [0.2, 0.25) is 0 Å². The molecule has 0 aliphatic carbocycles. The van der Waals surface area contributed by atoms with Gasteiger partial charge in [0.25, 0.3) is 21.8 Å². The third-order valence-electron chi connectivity index (χ3n) is 5.78. The number of nitrogens with zero attached hydrogens (tertiary/aromatic N) is 1. The van der Waals surface area contributed by atoms with Gasteiger partial charge in [0.15, 0.2) is 0 Å². The minimum Gasteiger partial charge on any atom is -0.492 e. The molecule has 3 aromatic rings. The second kappa shape index (κ2) is 14.8. The van der Waals surface area contributed by atoms with Crippen molar-refractivity contribution >= 4 is 27.8 Å². The van der Waals surface area contributed by atoms with Crippen molar-refractivity contribution in [3.05, 3.63) is 89.7 Å². The number of ether oxygens (including phenoxy) is 2. The van der Waals surface area contributed by atoms with E-state index < -0.39 is 27.8 Å². The highest BCUT2D eigenvalue weighted by molar-refractivity contribution is 7.90. The van der Waals surface area contributed by atoms with Gasteiger partial charge in [0, 0.05) is 11.8 Å². The largest absolute Gasteiger partial charge is 0.492 e. The van der Waals surface area contributed by atoms with Crippen LogP contribution >= 0.6 is 0 Å². The fourth-order valence-electron chi connectivity index (χ4n) is 3.74. The van der Waals surface area contributed by atoms with E-state index in [0.717, 1.165) is 31.9 Å². The van der Waals surface area contributed by atoms with E-state index in [1.54, 1.807) is 12.1 Å². The van der Waals surface area contributed by atoms with Gasteiger partial charge in [-0.2, -0.15) is 0 Å². The lowest BCUT2D eigenvalue weighted by molar-refractivity contribution is 0.0251. The van der Waals surface area contributed by atoms with Gasteiger partial charge in [-0.3, -0.25) is 9.59 Å². The third kappa shape index (κ3) is 8.91. The van der Waals surface area contributed by atoms with Gasteiger partial charge in [-0.25, -0.2) is 22.9 Å². The second-order valence-corrected chi connectivity index (χ2v) is 10.6. The van der Waals surface area contributed by atoms with Gasteiger partial charge >= 0.3 is 5.97 Å². The Morgan fingerprint density at radius 3 is 2.10 bits per heavy atom. The van der Waals surface area contributed by atoms with Crippen molar-refractivity contribution in [1.29, 1.82) is 0 Å². The molecule has 2 amide bonds. The van der Waals surface area contributed by atoms with Crippen LogP contribution in [0.5, 0.6) is 5.75 Å². The molecule has 0 bridgehead atoms. The molecule has 0 unspecified atom stereocenters. The molecular formula is C29H33N3O7S. The van der Waals surface area contributed by atoms with Crippen LogP contribution in [0.25, 0.3) is 0 Å². The molecule has 0 spiro atoms. The van der Waals surface area contributed by atoms with Crippen molar-refractivity contribution in [2.24, 2.45) is 0 Å². The zero-order valence-corrected chi connectivity index (χ0v) is 23.3. The van der Waals surface area contributed by atoms with Crippen LogP contribution in [0.4, 0.5) is 0 Å². The van der Waals surface area contributed by atoms with E-state index in [2.05, 4.69) is 10.3 Å². The Morgan fingerprint density at radius 2 is 1.50 bits per heavy atom. The molecule has 0 saturated heterocycles. The number of amides is 2. The molecule has 0 saturated carbocycles. The summed E-state index contributed by atoms with van der Waals surface area (Å²) in [5, 5.41) is 2.69. The third-order valence-corrected chi connectivity index (χ3v) is 7.13. The number of carbonyl (C=O) groups excluding carboxylic acids is 3. The molecule has 3 rings (SSSR count). The highest BCUT2D eigenvalue weighted by Gasteiger charge is 2.21. The summed E-state index contributed by atoms with van der Waals surface area (Å²) >= 11 is 0. The van der Waals surface area contributed by atoms with Crippen molar-refractivity contribution < 1.29 is 32.3 Å². The number of hydrogen-bond acceptors (Lipinski definition) is 8. The SMILES string of the molecule is CCCC(CCC)OC(=O)c1ccc(C(=O)NS(=O)(=O)c2ccc(C(=O)NCCOc3ccccc3)cc2)cn1. The summed E-state index contributed by atoms with van der Waals surface area (Å²) in [5.41, 5.74) is 0.224. The summed E-state index contributed by atoms with van der Waals surface area (Å²) in [6.07, 6.45) is 4.15. The smallest absolute Gasteiger partial charge is 0.357 e. The number of para-hydroxylation sites is 1. The minimum absolute atomic E-state index is 0.0251. The van der Waals surface area contributed by atoms with E-state index in [9.17, 15) is 22.8 Å². The van der Waals surface area contributed by atoms with E-state index in [1.165, 1.54) is 36.4 Å². The summed E-state index contributed by atoms with van der Waals surface area (Å²) < 4.78 is 38.4. The van der Waals surface area contributed by atoms with Crippen molar-refractivity contribution in [2.45, 2.75) is 50.5 Å². The first-order valence-corrected chi connectivity index (χ1v) is 14.5. The van der Waals surface area contributed by atoms with Crippen LogP contribution in [0.3, 0.4) is 0 Å². The molecular weight excluding hydrogens is 534 g/mol. The van der Waals surface area contributed by atoms with Crippen molar-refractivity contribution in [2.75, 3.05) is 13.2 Å². The average Bonchev–Trinajstić information content (AvgIpc) is 2.96. The number of aromatic nitrogens is 1. The van der Waals surface area contributed by atoms with Crippen LogP contribution in [-0.4, -0.2) is 50.4 Å². The van der Waals surface area contributed by atoms with Gasteiger partial charge in [-0.15, -0.1) is 0 Å². The number of sulfonamides is 1. The standard InChI is InChI=1S/C29H33N3O7S/c1-3-8-24(9-4-2)39-29(35)26-17-14-22(20-31-26)28(34)32-40(36,37)25-15-12-21(13-16-25)27(33)30-18-19-38-23-10-6-5-7-11-23/h5-7,10-17,20,24H,3-4,8-9,18-19H2,1-2H3,(H,30,33)(H,32,34). The number of carbonyl (C=O) groups is 3. The molecule has 2 N–H and O–H groups in total. The molecule has 10 nitrogen and oxygen atoms in total. The quantitative estimate of drug-likeness (QED) is 0.219. The number of nitrogens with one attached hydrogen (secondary N) is 2. The van der Waals surface area contributed by atoms with Gasteiger partial charge in [-0.05, 0) is 61.4 Å². The predicted molar refractivity (Wildman–Crippen MR) is 149 cm³/mol. The summed E-state index contributed by atoms with van der Waals surface area (Å²) in [7, 11) is -4.23. The van der Waals surface area contributed by atoms with Crippen molar-refractivity contribution in [3.63, 3.8) is 0 Å². The number of rotatable bonds is 14. The topological polar surface area (TPSA) is 141 Å². The van der Waals surface area contributed by atoms with E-state index >= 15 is 0 Å². The molecule has 0 atom stereocenters. The first kappa shape index (κ1) is 30.3. The molecule has 0 aliphatic rings. The van der Waals surface area contributed by atoms with Crippen LogP contribution < -0.4 is 14.8 Å². The Balaban J connectivity index is 1.53. The molecule has 0 aliphatic heterocycles. The molecule has 1 aromatic heterocycles. The lowest BCUT2D eigenvalue weighted by atomic mass is 10.1. The highest BCUT2D eigenvalue weighted by Crippen LogP contribution is 2.14. The van der Waals surface area contributed by atoms with E-state index in [4.69, 9.17) is 9.47 Å². The Labute approximate surface area is 234 Å². The predicted octanol–water partition coefficient (Wildman–Crippen LogP) is 4.13. The van der Waals surface area contributed by atoms with Crippen molar-refractivity contribution in [3.8, 4) is 5.75 Å². The Morgan fingerprint density at radius 1 is 0.850 bits per heavy atom. The van der Waals surface area contributed by atoms with E-state index in [-0.39, 0.29) is 41.0 Å². The number of benzene rings is 2. The Hall–Kier alpha value is -4.25. The first-order chi connectivity index (χ1) is 19.2. The van der Waals surface area contributed by atoms with E-state index in [1.807, 2.05) is 36.8 Å². The van der Waals surface area contributed by atoms with Gasteiger partial charge in [0.05, 0.1) is 17.0 Å². The molecule has 0 radical (unpaired) electrons. The molecule has 212 valence electrons. The molecule has 0 fully saturated rings. The van der Waals surface area contributed by atoms with Crippen LogP contribution in [0, 0.1) is 0 Å². The fraction of sp³-hybridized carbons (Fsp3) is 0.310. The monoisotopic (exact) mass is 567 g/mol. The van der Waals surface area contributed by atoms with Gasteiger partial charge < -0.3 is 14.8 Å². The highest BCUT2D eigenvalue weighted by atomic mass is 32.2. The fourth-order valence-corrected chi connectivity index (χ4v) is 4.72. The maximum Gasteiger partial charge on any atom is 0.357 e. The summed E-state index contributed by atoms with van der Waals surface area (Å²) in [5.74, 6) is -1.22. The summed E-state index contributed by atoms with van der Waals surface area (Å²) in [6, 6.07) is 16.9. The van der Waals surface area contributed by atoms with Crippen molar-refractivity contribution in [1.82, 2.24) is 15.0 Å². The number of pyridine rings is 1. The zero-order valence-electron chi connectivity index (χ0n) is 22.5. The van der Waals surface area contributed by atoms with Gasteiger partial charge in [0.1, 0.15) is 24.2 Å². The molecule has 40 heavy (non-hydrogen) atoms. The average molecular weight is 568 g/mol. The van der Waals surface area contributed by atoms with Crippen LogP contribution in [-0.2, 0) is 14.8 Å². The van der Waals surface area contributed by atoms with Crippen LogP contribution in [0.2, 0.25) is 0 Å². The van der Waals surface area contributed by atoms with E-state index in [0.29, 0.717) is 5.75 Å².